The number of carbonyl (C=O) groups is 1. The fourth-order valence-corrected chi connectivity index (χ4v) is 3.98. The van der Waals surface area contributed by atoms with Crippen LogP contribution in [-0.4, -0.2) is 51.6 Å². The van der Waals surface area contributed by atoms with Crippen molar-refractivity contribution in [1.29, 1.82) is 0 Å². The third-order valence-electron chi connectivity index (χ3n) is 5.85. The monoisotopic (exact) mass is 483 g/mol. The largest absolute Gasteiger partial charge is 0.492 e. The highest BCUT2D eigenvalue weighted by atomic mass is 35.5. The van der Waals surface area contributed by atoms with Crippen LogP contribution in [-0.2, 0) is 4.79 Å². The van der Waals surface area contributed by atoms with Crippen LogP contribution in [0.3, 0.4) is 0 Å². The Hall–Kier alpha value is -3.46. The maximum atomic E-state index is 15.0. The van der Waals surface area contributed by atoms with Crippen LogP contribution in [0.25, 0.3) is 11.0 Å². The zero-order chi connectivity index (χ0) is 23.7. The van der Waals surface area contributed by atoms with E-state index in [0.29, 0.717) is 60.5 Å². The van der Waals surface area contributed by atoms with Gasteiger partial charge in [0.05, 0.1) is 24.4 Å². The lowest BCUT2D eigenvalue weighted by atomic mass is 10.2. The van der Waals surface area contributed by atoms with Crippen molar-refractivity contribution in [3.8, 4) is 11.6 Å². The van der Waals surface area contributed by atoms with Crippen LogP contribution in [0.1, 0.15) is 19.3 Å². The first-order chi connectivity index (χ1) is 16.5. The number of nitrogens with one attached hydrogen (secondary N) is 1. The summed E-state index contributed by atoms with van der Waals surface area (Å²) in [7, 11) is 0. The zero-order valence-corrected chi connectivity index (χ0v) is 19.1. The van der Waals surface area contributed by atoms with Crippen molar-refractivity contribution in [3.63, 3.8) is 0 Å². The molecule has 2 fully saturated rings. The van der Waals surface area contributed by atoms with E-state index in [1.165, 1.54) is 12.4 Å². The number of ether oxygens (including phenoxy) is 2. The van der Waals surface area contributed by atoms with E-state index in [4.69, 9.17) is 21.1 Å². The van der Waals surface area contributed by atoms with E-state index in [9.17, 15) is 9.18 Å². The van der Waals surface area contributed by atoms with Crippen LogP contribution in [0.2, 0.25) is 5.02 Å². The molecule has 34 heavy (non-hydrogen) atoms. The topological polar surface area (TPSA) is 89.5 Å². The first-order valence-corrected chi connectivity index (χ1v) is 11.5. The van der Waals surface area contributed by atoms with Crippen LogP contribution in [0, 0.1) is 11.7 Å². The van der Waals surface area contributed by atoms with Crippen LogP contribution in [0.15, 0.2) is 43.2 Å². The number of hydrogen-bond donors (Lipinski definition) is 1. The number of amides is 1. The van der Waals surface area contributed by atoms with E-state index >= 15 is 0 Å². The molecule has 1 saturated heterocycles. The Bertz CT molecular complexity index is 1250. The van der Waals surface area contributed by atoms with Gasteiger partial charge in [-0.25, -0.2) is 19.3 Å². The second kappa shape index (κ2) is 9.42. The van der Waals surface area contributed by atoms with Crippen molar-refractivity contribution < 1.29 is 18.7 Å². The molecule has 1 atom stereocenters. The minimum absolute atomic E-state index is 0.0825. The van der Waals surface area contributed by atoms with Gasteiger partial charge in [0, 0.05) is 19.0 Å². The van der Waals surface area contributed by atoms with Gasteiger partial charge in [-0.1, -0.05) is 18.2 Å². The third kappa shape index (κ3) is 4.75. The van der Waals surface area contributed by atoms with Crippen LogP contribution in [0.4, 0.5) is 15.9 Å². The Balaban J connectivity index is 1.35. The maximum Gasteiger partial charge on any atom is 0.246 e. The number of carbonyl (C=O) groups excluding carboxylic acids is 1. The second-order valence-electron chi connectivity index (χ2n) is 8.38. The molecule has 2 aromatic heterocycles. The van der Waals surface area contributed by atoms with Gasteiger partial charge in [0.2, 0.25) is 11.8 Å². The summed E-state index contributed by atoms with van der Waals surface area (Å²) in [5, 5.41) is 2.88. The summed E-state index contributed by atoms with van der Waals surface area (Å²) >= 11 is 6.21. The average Bonchev–Trinajstić information content (AvgIpc) is 3.57. The van der Waals surface area contributed by atoms with Gasteiger partial charge >= 0.3 is 0 Å². The molecule has 176 valence electrons. The summed E-state index contributed by atoms with van der Waals surface area (Å²) in [6.45, 7) is 5.11. The summed E-state index contributed by atoms with van der Waals surface area (Å²) < 4.78 is 26.6. The SMILES string of the molecule is C=CC(=O)N1CC[C@H](Oc2ccc3ncnc(Nc4ccc(OCC5CC5)c(Cl)c4F)c3n2)C1. The van der Waals surface area contributed by atoms with Crippen LogP contribution in [0.5, 0.6) is 11.6 Å². The van der Waals surface area contributed by atoms with Gasteiger partial charge < -0.3 is 19.7 Å². The van der Waals surface area contributed by atoms with E-state index in [1.807, 2.05) is 0 Å². The quantitative estimate of drug-likeness (QED) is 0.471. The molecule has 0 bridgehead atoms. The smallest absolute Gasteiger partial charge is 0.246 e. The highest BCUT2D eigenvalue weighted by molar-refractivity contribution is 6.32. The number of anilines is 2. The van der Waals surface area contributed by atoms with Gasteiger partial charge in [-0.15, -0.1) is 0 Å². The Morgan fingerprint density at radius 1 is 1.26 bits per heavy atom. The lowest BCUT2D eigenvalue weighted by Gasteiger charge is -2.16. The van der Waals surface area contributed by atoms with Crippen molar-refractivity contribution in [3.05, 3.63) is 54.1 Å². The van der Waals surface area contributed by atoms with E-state index in [1.54, 1.807) is 29.2 Å². The molecule has 0 spiro atoms. The summed E-state index contributed by atoms with van der Waals surface area (Å²) in [6.07, 6.45) is 5.43. The lowest BCUT2D eigenvalue weighted by Crippen LogP contribution is -2.29. The normalized spacial score (nSPS) is 17.6. The first kappa shape index (κ1) is 22.3. The molecule has 1 saturated carbocycles. The Kier molecular flexibility index (Phi) is 6.19. The minimum Gasteiger partial charge on any atom is -0.492 e. The number of fused-ring (bicyclic) bond motifs is 1. The summed E-state index contributed by atoms with van der Waals surface area (Å²) in [6, 6.07) is 6.66. The molecule has 3 aromatic rings. The number of nitrogens with zero attached hydrogens (tertiary/aromatic N) is 4. The molecule has 1 amide bonds. The van der Waals surface area contributed by atoms with E-state index < -0.39 is 5.82 Å². The van der Waals surface area contributed by atoms with Crippen LogP contribution < -0.4 is 14.8 Å². The molecule has 5 rings (SSSR count). The molecule has 1 N–H and O–H groups in total. The number of rotatable bonds is 8. The van der Waals surface area contributed by atoms with Crippen molar-refractivity contribution in [2.75, 3.05) is 25.0 Å². The first-order valence-electron chi connectivity index (χ1n) is 11.1. The molecule has 1 aromatic carbocycles. The molecular weight excluding hydrogens is 461 g/mol. The molecule has 0 radical (unpaired) electrons. The molecule has 1 aliphatic heterocycles. The van der Waals surface area contributed by atoms with Crippen molar-refractivity contribution in [2.45, 2.75) is 25.4 Å². The van der Waals surface area contributed by atoms with E-state index in [-0.39, 0.29) is 22.7 Å². The second-order valence-corrected chi connectivity index (χ2v) is 8.75. The lowest BCUT2D eigenvalue weighted by molar-refractivity contribution is -0.125. The van der Waals surface area contributed by atoms with Gasteiger partial charge in [0.25, 0.3) is 0 Å². The maximum absolute atomic E-state index is 15.0. The van der Waals surface area contributed by atoms with E-state index in [2.05, 4.69) is 26.8 Å². The molecule has 1 aliphatic carbocycles. The van der Waals surface area contributed by atoms with Gasteiger partial charge in [-0.3, -0.25) is 4.79 Å². The predicted octanol–water partition coefficient (Wildman–Crippen LogP) is 4.52. The molecular formula is C24H23ClFN5O3. The average molecular weight is 484 g/mol. The number of aromatic nitrogens is 3. The van der Waals surface area contributed by atoms with Crippen molar-refractivity contribution >= 4 is 40.0 Å². The molecule has 8 nitrogen and oxygen atoms in total. The van der Waals surface area contributed by atoms with E-state index in [0.717, 1.165) is 12.8 Å². The van der Waals surface area contributed by atoms with Crippen LogP contribution >= 0.6 is 11.6 Å². The van der Waals surface area contributed by atoms with Gasteiger partial charge in [0.15, 0.2) is 11.6 Å². The molecule has 2 aliphatic rings. The summed E-state index contributed by atoms with van der Waals surface area (Å²) in [5.74, 6) is 0.770. The number of likely N-dealkylation sites (tertiary alicyclic amines) is 1. The third-order valence-corrected chi connectivity index (χ3v) is 6.20. The van der Waals surface area contributed by atoms with Crippen molar-refractivity contribution in [1.82, 2.24) is 19.9 Å². The number of hydrogen-bond acceptors (Lipinski definition) is 7. The summed E-state index contributed by atoms with van der Waals surface area (Å²) in [5.41, 5.74) is 1.13. The molecule has 0 unspecified atom stereocenters. The number of halogens is 2. The predicted molar refractivity (Wildman–Crippen MR) is 126 cm³/mol. The van der Waals surface area contributed by atoms with Gasteiger partial charge in [0.1, 0.15) is 28.7 Å². The molecule has 10 heteroatoms. The Labute approximate surface area is 200 Å². The highest BCUT2D eigenvalue weighted by Crippen LogP contribution is 2.36. The number of pyridine rings is 1. The fourth-order valence-electron chi connectivity index (χ4n) is 3.76. The summed E-state index contributed by atoms with van der Waals surface area (Å²) in [4.78, 5) is 26.5. The number of benzene rings is 1. The fraction of sp³-hybridized carbons (Fsp3) is 0.333. The highest BCUT2D eigenvalue weighted by Gasteiger charge is 2.27. The molecule has 3 heterocycles. The van der Waals surface area contributed by atoms with Crippen molar-refractivity contribution in [2.24, 2.45) is 5.92 Å². The zero-order valence-electron chi connectivity index (χ0n) is 18.3. The Morgan fingerprint density at radius 2 is 2.12 bits per heavy atom. The Morgan fingerprint density at radius 3 is 2.91 bits per heavy atom. The minimum atomic E-state index is -0.632. The van der Waals surface area contributed by atoms with Gasteiger partial charge in [-0.2, -0.15) is 0 Å². The van der Waals surface area contributed by atoms with Gasteiger partial charge in [-0.05, 0) is 43.0 Å². The standard InChI is InChI=1S/C24H23ClFN5O3/c1-2-20(32)31-10-9-15(11-31)34-19-8-6-17-23(30-19)24(28-13-27-17)29-16-5-7-18(21(25)22(16)26)33-12-14-3-4-14/h2,5-8,13-15H,1,3-4,9-12H2,(H,27,28,29)/t15-/m0/s1.